The van der Waals surface area contributed by atoms with E-state index in [1.807, 2.05) is 11.8 Å². The Bertz CT molecular complexity index is 533. The van der Waals surface area contributed by atoms with Crippen LogP contribution in [0.4, 0.5) is 0 Å². The van der Waals surface area contributed by atoms with Gasteiger partial charge in [-0.25, -0.2) is 0 Å². The van der Waals surface area contributed by atoms with E-state index in [9.17, 15) is 19.2 Å². The predicted octanol–water partition coefficient (Wildman–Crippen LogP) is 2.72. The molecule has 0 aliphatic heterocycles. The highest BCUT2D eigenvalue weighted by Gasteiger charge is 2.30. The van der Waals surface area contributed by atoms with Crippen LogP contribution in [-0.2, 0) is 19.2 Å². The highest BCUT2D eigenvalue weighted by atomic mass is 32.2. The first kappa shape index (κ1) is 27.3. The Labute approximate surface area is 190 Å². The number of carbonyl (C=O) groups excluding carboxylic acids is 4. The van der Waals surface area contributed by atoms with Gasteiger partial charge in [0.1, 0.15) is 24.1 Å². The van der Waals surface area contributed by atoms with E-state index in [1.54, 1.807) is 9.80 Å². The fourth-order valence-electron chi connectivity index (χ4n) is 3.31. The van der Waals surface area contributed by atoms with Crippen molar-refractivity contribution in [1.82, 2.24) is 9.80 Å². The van der Waals surface area contributed by atoms with Crippen molar-refractivity contribution in [3.63, 3.8) is 0 Å². The summed E-state index contributed by atoms with van der Waals surface area (Å²) in [6, 6.07) is 0. The zero-order valence-corrected chi connectivity index (χ0v) is 20.2. The maximum Gasteiger partial charge on any atom is 0.146 e. The molecule has 0 N–H and O–H groups in total. The molecule has 0 saturated heterocycles. The molecule has 0 aromatic heterocycles. The molecule has 8 heteroatoms. The van der Waals surface area contributed by atoms with E-state index in [1.165, 1.54) is 38.4 Å². The van der Waals surface area contributed by atoms with E-state index in [4.69, 9.17) is 0 Å². The topological polar surface area (TPSA) is 74.8 Å². The van der Waals surface area contributed by atoms with Crippen LogP contribution in [0.15, 0.2) is 0 Å². The Morgan fingerprint density at radius 3 is 1.90 bits per heavy atom. The molecule has 1 aliphatic rings. The predicted molar refractivity (Wildman–Crippen MR) is 127 cm³/mol. The number of rotatable bonds is 20. The highest BCUT2D eigenvalue weighted by molar-refractivity contribution is 8.03. The molecule has 0 aromatic carbocycles. The smallest absolute Gasteiger partial charge is 0.146 e. The first-order chi connectivity index (χ1) is 14.5. The zero-order valence-electron chi connectivity index (χ0n) is 18.6. The molecule has 0 aromatic rings. The van der Waals surface area contributed by atoms with Crippen molar-refractivity contribution >= 4 is 47.7 Å². The molecule has 2 unspecified atom stereocenters. The van der Waals surface area contributed by atoms with Crippen LogP contribution in [-0.4, -0.2) is 95.2 Å². The van der Waals surface area contributed by atoms with Crippen LogP contribution < -0.4 is 0 Å². The van der Waals surface area contributed by atoms with Gasteiger partial charge in [0.15, 0.2) is 0 Å². The molecular formula is C22H38N2O4S2. The number of hydrogen-bond donors (Lipinski definition) is 0. The minimum atomic E-state index is -0.00942. The summed E-state index contributed by atoms with van der Waals surface area (Å²) in [5.41, 5.74) is 0. The maximum atomic E-state index is 12.3. The van der Waals surface area contributed by atoms with Crippen LogP contribution >= 0.6 is 23.5 Å². The molecule has 1 saturated carbocycles. The average molecular weight is 459 g/mol. The molecule has 0 spiro atoms. The minimum Gasteiger partial charge on any atom is -0.302 e. The zero-order chi connectivity index (χ0) is 22.2. The van der Waals surface area contributed by atoms with Gasteiger partial charge in [0.2, 0.25) is 0 Å². The van der Waals surface area contributed by atoms with Crippen LogP contribution in [0.5, 0.6) is 0 Å². The van der Waals surface area contributed by atoms with Gasteiger partial charge in [-0.05, 0) is 44.1 Å². The second-order valence-corrected chi connectivity index (χ2v) is 10.6. The second kappa shape index (κ2) is 16.9. The monoisotopic (exact) mass is 458 g/mol. The van der Waals surface area contributed by atoms with Crippen molar-refractivity contribution in [2.24, 2.45) is 0 Å². The number of hydrogen-bond acceptors (Lipinski definition) is 8. The van der Waals surface area contributed by atoms with Gasteiger partial charge in [-0.1, -0.05) is 13.3 Å². The lowest BCUT2D eigenvalue weighted by molar-refractivity contribution is -0.122. The Kier molecular flexibility index (Phi) is 15.4. The Morgan fingerprint density at radius 2 is 1.43 bits per heavy atom. The summed E-state index contributed by atoms with van der Waals surface area (Å²) in [5, 5.41) is 1.54. The average Bonchev–Trinajstić information content (AvgIpc) is 2.68. The number of nitrogens with zero attached hydrogens (tertiary/aromatic N) is 2. The Balaban J connectivity index is 2.25. The van der Waals surface area contributed by atoms with Gasteiger partial charge in [-0.15, -0.1) is 0 Å². The molecule has 6 nitrogen and oxygen atoms in total. The molecule has 1 aliphatic carbocycles. The molecule has 0 radical (unpaired) electrons. The number of aldehydes is 2. The van der Waals surface area contributed by atoms with Crippen molar-refractivity contribution in [3.8, 4) is 0 Å². The SMILES string of the molecule is CCCCSC1CCC1SCCCC(=O)CN(CC=O)CCN(CC=O)CC(C)=O. The fourth-order valence-corrected chi connectivity index (χ4v) is 6.46. The lowest BCUT2D eigenvalue weighted by Gasteiger charge is -2.35. The molecule has 172 valence electrons. The van der Waals surface area contributed by atoms with E-state index in [-0.39, 0.29) is 37.7 Å². The molecule has 2 atom stereocenters. The molecule has 1 fully saturated rings. The molecular weight excluding hydrogens is 420 g/mol. The van der Waals surface area contributed by atoms with E-state index in [0.29, 0.717) is 19.5 Å². The van der Waals surface area contributed by atoms with Gasteiger partial charge in [0, 0.05) is 30.0 Å². The molecule has 0 heterocycles. The van der Waals surface area contributed by atoms with Gasteiger partial charge < -0.3 is 9.59 Å². The third-order valence-electron chi connectivity index (χ3n) is 5.16. The van der Waals surface area contributed by atoms with Gasteiger partial charge in [-0.3, -0.25) is 19.4 Å². The van der Waals surface area contributed by atoms with Crippen LogP contribution in [0.2, 0.25) is 0 Å². The van der Waals surface area contributed by atoms with Crippen LogP contribution in [0, 0.1) is 0 Å². The summed E-state index contributed by atoms with van der Waals surface area (Å²) < 4.78 is 0. The molecule has 30 heavy (non-hydrogen) atoms. The third-order valence-corrected chi connectivity index (χ3v) is 8.36. The lowest BCUT2D eigenvalue weighted by Crippen LogP contribution is -2.40. The van der Waals surface area contributed by atoms with Crippen molar-refractivity contribution in [1.29, 1.82) is 0 Å². The first-order valence-electron chi connectivity index (χ1n) is 11.1. The third kappa shape index (κ3) is 12.2. The first-order valence-corrected chi connectivity index (χ1v) is 13.2. The maximum absolute atomic E-state index is 12.3. The van der Waals surface area contributed by atoms with E-state index >= 15 is 0 Å². The highest BCUT2D eigenvalue weighted by Crippen LogP contribution is 2.40. The summed E-state index contributed by atoms with van der Waals surface area (Å²) >= 11 is 4.13. The normalized spacial score (nSPS) is 18.4. The van der Waals surface area contributed by atoms with Crippen molar-refractivity contribution in [2.45, 2.75) is 62.9 Å². The summed E-state index contributed by atoms with van der Waals surface area (Å²) in [6.45, 7) is 5.50. The van der Waals surface area contributed by atoms with Gasteiger partial charge in [0.05, 0.1) is 26.2 Å². The Morgan fingerprint density at radius 1 is 0.900 bits per heavy atom. The summed E-state index contributed by atoms with van der Waals surface area (Å²) in [7, 11) is 0. The van der Waals surface area contributed by atoms with Gasteiger partial charge >= 0.3 is 0 Å². The summed E-state index contributed by atoms with van der Waals surface area (Å²) in [5.74, 6) is 2.42. The minimum absolute atomic E-state index is 0.00942. The van der Waals surface area contributed by atoms with E-state index in [0.717, 1.165) is 35.2 Å². The van der Waals surface area contributed by atoms with Crippen LogP contribution in [0.25, 0.3) is 0 Å². The molecule has 0 bridgehead atoms. The van der Waals surface area contributed by atoms with Crippen molar-refractivity contribution in [2.75, 3.05) is 50.8 Å². The van der Waals surface area contributed by atoms with Crippen molar-refractivity contribution < 1.29 is 19.2 Å². The summed E-state index contributed by atoms with van der Waals surface area (Å²) in [4.78, 5) is 48.9. The largest absolute Gasteiger partial charge is 0.302 e. The molecule has 1 rings (SSSR count). The van der Waals surface area contributed by atoms with Gasteiger partial charge in [-0.2, -0.15) is 23.5 Å². The standard InChI is InChI=1S/C22H38N2O4S2/c1-3-4-15-29-21-7-8-22(21)30-16-5-6-20(28)18-24(12-14-26)10-9-23(11-13-25)17-19(2)27/h13-14,21-22H,3-12,15-18H2,1-2H3. The fraction of sp³-hybridized carbons (Fsp3) is 0.818. The summed E-state index contributed by atoms with van der Waals surface area (Å²) in [6.07, 6.45) is 8.16. The van der Waals surface area contributed by atoms with Gasteiger partial charge in [0.25, 0.3) is 0 Å². The second-order valence-electron chi connectivity index (χ2n) is 7.90. The number of ketones is 2. The van der Waals surface area contributed by atoms with Crippen LogP contribution in [0.1, 0.15) is 52.4 Å². The molecule has 0 amide bonds. The Hall–Kier alpha value is -0.700. The van der Waals surface area contributed by atoms with Crippen molar-refractivity contribution in [3.05, 3.63) is 0 Å². The lowest BCUT2D eigenvalue weighted by atomic mass is 9.99. The number of thioether (sulfide) groups is 2. The van der Waals surface area contributed by atoms with Crippen LogP contribution in [0.3, 0.4) is 0 Å². The number of carbonyl (C=O) groups is 4. The quantitative estimate of drug-likeness (QED) is 0.204. The van der Waals surface area contributed by atoms with E-state index in [2.05, 4.69) is 18.7 Å². The number of Topliss-reactive ketones (excluding diaryl/α,β-unsaturated/α-hetero) is 2. The van der Waals surface area contributed by atoms with E-state index < -0.39 is 0 Å². The number of unbranched alkanes of at least 4 members (excludes halogenated alkanes) is 1.